The lowest BCUT2D eigenvalue weighted by Crippen LogP contribution is -2.56. The van der Waals surface area contributed by atoms with Gasteiger partial charge in [-0.3, -0.25) is 0 Å². The van der Waals surface area contributed by atoms with Crippen LogP contribution in [0.25, 0.3) is 11.1 Å². The average Bonchev–Trinajstić information content (AvgIpc) is 3.25. The highest BCUT2D eigenvalue weighted by Crippen LogP contribution is 2.61. The molecule has 4 rings (SSSR count). The van der Waals surface area contributed by atoms with Crippen molar-refractivity contribution < 1.29 is 29.3 Å². The number of aliphatic hydroxyl groups is 1. The van der Waals surface area contributed by atoms with Crippen LogP contribution in [-0.4, -0.2) is 53.0 Å². The third kappa shape index (κ3) is 4.06. The second kappa shape index (κ2) is 8.06. The minimum atomic E-state index is -1.02. The van der Waals surface area contributed by atoms with E-state index in [0.717, 1.165) is 24.0 Å². The molecule has 1 spiro atoms. The van der Waals surface area contributed by atoms with E-state index in [2.05, 4.69) is 0 Å². The van der Waals surface area contributed by atoms with E-state index in [9.17, 15) is 19.8 Å². The van der Waals surface area contributed by atoms with Gasteiger partial charge in [0.2, 0.25) is 0 Å². The Morgan fingerprint density at radius 1 is 1.03 bits per heavy atom. The average molecular weight is 454 g/mol. The predicted octanol–water partition coefficient (Wildman–Crippen LogP) is 4.67. The number of amides is 1. The molecule has 1 heterocycles. The second-order valence-corrected chi connectivity index (χ2v) is 10.1. The summed E-state index contributed by atoms with van der Waals surface area (Å²) in [6.07, 6.45) is 1.86. The number of hydrogen-bond donors (Lipinski definition) is 2. The lowest BCUT2D eigenvalue weighted by molar-refractivity contribution is -0.168. The van der Waals surface area contributed by atoms with Crippen LogP contribution in [0, 0.1) is 5.41 Å². The SMILES string of the molecule is COc1ccc(C(=O)O)cc1-c1ccc(C2(O)CCC23CCN(C(=O)OC(C)(C)C)C3)cc1. The number of carbonyl (C=O) groups excluding carboxylic acids is 1. The fraction of sp³-hybridized carbons (Fsp3) is 0.462. The van der Waals surface area contributed by atoms with E-state index in [0.29, 0.717) is 30.8 Å². The molecule has 0 aromatic heterocycles. The number of nitrogens with zero attached hydrogens (tertiary/aromatic N) is 1. The first-order valence-corrected chi connectivity index (χ1v) is 11.2. The van der Waals surface area contributed by atoms with Crippen LogP contribution in [0.15, 0.2) is 42.5 Å². The molecule has 1 aliphatic carbocycles. The van der Waals surface area contributed by atoms with Gasteiger partial charge >= 0.3 is 12.1 Å². The maximum Gasteiger partial charge on any atom is 0.410 e. The van der Waals surface area contributed by atoms with Gasteiger partial charge in [-0.25, -0.2) is 9.59 Å². The number of carboxylic acid groups (broad SMARTS) is 1. The summed E-state index contributed by atoms with van der Waals surface area (Å²) in [6, 6.07) is 12.3. The summed E-state index contributed by atoms with van der Waals surface area (Å²) >= 11 is 0. The summed E-state index contributed by atoms with van der Waals surface area (Å²) in [5, 5.41) is 21.0. The minimum absolute atomic E-state index is 0.180. The van der Waals surface area contributed by atoms with E-state index in [1.54, 1.807) is 24.1 Å². The molecule has 0 radical (unpaired) electrons. The molecule has 1 saturated carbocycles. The molecule has 0 bridgehead atoms. The van der Waals surface area contributed by atoms with Gasteiger partial charge in [-0.15, -0.1) is 0 Å². The molecule has 2 unspecified atom stereocenters. The van der Waals surface area contributed by atoms with Crippen molar-refractivity contribution in [2.75, 3.05) is 20.2 Å². The van der Waals surface area contributed by atoms with E-state index in [1.165, 1.54) is 6.07 Å². The van der Waals surface area contributed by atoms with Crippen LogP contribution in [0.2, 0.25) is 0 Å². The van der Waals surface area contributed by atoms with E-state index in [4.69, 9.17) is 9.47 Å². The molecular formula is C26H31NO6. The Morgan fingerprint density at radius 3 is 2.27 bits per heavy atom. The molecule has 33 heavy (non-hydrogen) atoms. The number of carbonyl (C=O) groups is 2. The summed E-state index contributed by atoms with van der Waals surface area (Å²) in [7, 11) is 1.55. The molecule has 7 heteroatoms. The molecule has 2 aromatic carbocycles. The molecule has 2 aromatic rings. The molecule has 1 saturated heterocycles. The summed E-state index contributed by atoms with van der Waals surface area (Å²) in [6.45, 7) is 6.57. The van der Waals surface area contributed by atoms with Gasteiger partial charge in [0.25, 0.3) is 0 Å². The highest BCUT2D eigenvalue weighted by Gasteiger charge is 2.62. The van der Waals surface area contributed by atoms with Gasteiger partial charge in [0.15, 0.2) is 0 Å². The van der Waals surface area contributed by atoms with Crippen molar-refractivity contribution in [1.82, 2.24) is 4.90 Å². The minimum Gasteiger partial charge on any atom is -0.496 e. The van der Waals surface area contributed by atoms with E-state index in [-0.39, 0.29) is 17.1 Å². The Kier molecular flexibility index (Phi) is 5.65. The predicted molar refractivity (Wildman–Crippen MR) is 123 cm³/mol. The number of rotatable bonds is 4. The van der Waals surface area contributed by atoms with Crippen LogP contribution in [0.1, 0.15) is 56.0 Å². The summed E-state index contributed by atoms with van der Waals surface area (Å²) in [5.74, 6) is -0.424. The van der Waals surface area contributed by atoms with Gasteiger partial charge < -0.3 is 24.6 Å². The maximum absolute atomic E-state index is 12.5. The normalized spacial score (nSPS) is 24.5. The monoisotopic (exact) mass is 453 g/mol. The molecule has 2 N–H and O–H groups in total. The van der Waals surface area contributed by atoms with E-state index in [1.807, 2.05) is 45.0 Å². The van der Waals surface area contributed by atoms with Crippen LogP contribution in [0.5, 0.6) is 5.75 Å². The number of benzene rings is 2. The first-order chi connectivity index (χ1) is 15.5. The Bertz CT molecular complexity index is 1070. The van der Waals surface area contributed by atoms with Gasteiger partial charge in [-0.2, -0.15) is 0 Å². The molecule has 2 atom stereocenters. The lowest BCUT2D eigenvalue weighted by atomic mass is 9.53. The van der Waals surface area contributed by atoms with Gasteiger partial charge in [0, 0.05) is 24.1 Å². The standard InChI is InChI=1S/C26H31NO6/c1-24(2,3)33-23(30)27-14-13-25(16-27)11-12-26(25,31)19-8-5-17(6-9-19)20-15-18(22(28)29)7-10-21(20)32-4/h5-10,15,31H,11-14,16H2,1-4H3,(H,28,29). The summed E-state index contributed by atoms with van der Waals surface area (Å²) < 4.78 is 10.9. The fourth-order valence-corrected chi connectivity index (χ4v) is 5.05. The van der Waals surface area contributed by atoms with Crippen LogP contribution in [0.4, 0.5) is 4.79 Å². The van der Waals surface area contributed by atoms with Gasteiger partial charge in [-0.1, -0.05) is 24.3 Å². The van der Waals surface area contributed by atoms with Crippen molar-refractivity contribution in [3.05, 3.63) is 53.6 Å². The smallest absolute Gasteiger partial charge is 0.410 e. The maximum atomic E-state index is 12.5. The Morgan fingerprint density at radius 2 is 1.73 bits per heavy atom. The molecule has 7 nitrogen and oxygen atoms in total. The number of carboxylic acids is 1. The van der Waals surface area contributed by atoms with Crippen LogP contribution < -0.4 is 4.74 Å². The highest BCUT2D eigenvalue weighted by molar-refractivity contribution is 5.90. The van der Waals surface area contributed by atoms with E-state index < -0.39 is 17.2 Å². The van der Waals surface area contributed by atoms with Gasteiger partial charge in [-0.05, 0) is 69.4 Å². The fourth-order valence-electron chi connectivity index (χ4n) is 5.05. The highest BCUT2D eigenvalue weighted by atomic mass is 16.6. The number of likely N-dealkylation sites (tertiary alicyclic amines) is 1. The second-order valence-electron chi connectivity index (χ2n) is 10.1. The van der Waals surface area contributed by atoms with Crippen molar-refractivity contribution in [2.45, 2.75) is 51.2 Å². The molecule has 2 aliphatic rings. The van der Waals surface area contributed by atoms with Crippen LogP contribution >= 0.6 is 0 Å². The third-order valence-electron chi connectivity index (χ3n) is 6.97. The first-order valence-electron chi connectivity index (χ1n) is 11.2. The largest absolute Gasteiger partial charge is 0.496 e. The first kappa shape index (κ1) is 23.1. The summed E-state index contributed by atoms with van der Waals surface area (Å²) in [4.78, 5) is 25.6. The lowest BCUT2D eigenvalue weighted by Gasteiger charge is -2.54. The number of ether oxygens (including phenoxy) is 2. The number of hydrogen-bond acceptors (Lipinski definition) is 5. The molecule has 1 amide bonds. The van der Waals surface area contributed by atoms with Crippen molar-refractivity contribution in [3.63, 3.8) is 0 Å². The topological polar surface area (TPSA) is 96.3 Å². The number of aromatic carboxylic acids is 1. The number of methoxy groups -OCH3 is 1. The van der Waals surface area contributed by atoms with E-state index >= 15 is 0 Å². The van der Waals surface area contributed by atoms with Crippen LogP contribution in [0.3, 0.4) is 0 Å². The molecule has 176 valence electrons. The molecule has 1 aliphatic heterocycles. The zero-order valence-electron chi connectivity index (χ0n) is 19.6. The Balaban J connectivity index is 1.57. The van der Waals surface area contributed by atoms with Gasteiger partial charge in [0.1, 0.15) is 11.4 Å². The quantitative estimate of drug-likeness (QED) is 0.698. The Labute approximate surface area is 193 Å². The zero-order chi connectivity index (χ0) is 24.0. The van der Waals surface area contributed by atoms with Crippen molar-refractivity contribution in [3.8, 4) is 16.9 Å². The van der Waals surface area contributed by atoms with Crippen molar-refractivity contribution in [2.24, 2.45) is 5.41 Å². The molecule has 2 fully saturated rings. The Hall–Kier alpha value is -3.06. The van der Waals surface area contributed by atoms with Crippen LogP contribution in [-0.2, 0) is 10.3 Å². The summed E-state index contributed by atoms with van der Waals surface area (Å²) in [5.41, 5.74) is 0.504. The van der Waals surface area contributed by atoms with Crippen molar-refractivity contribution in [1.29, 1.82) is 0 Å². The van der Waals surface area contributed by atoms with Gasteiger partial charge in [0.05, 0.1) is 18.3 Å². The zero-order valence-corrected chi connectivity index (χ0v) is 19.6. The van der Waals surface area contributed by atoms with Crippen molar-refractivity contribution >= 4 is 12.1 Å². The molecular weight excluding hydrogens is 422 g/mol. The third-order valence-corrected chi connectivity index (χ3v) is 6.97.